The Morgan fingerprint density at radius 2 is 1.93 bits per heavy atom. The summed E-state index contributed by atoms with van der Waals surface area (Å²) in [4.78, 5) is 27.2. The molecule has 2 aliphatic rings. The molecule has 1 aliphatic carbocycles. The van der Waals surface area contributed by atoms with E-state index in [-0.39, 0.29) is 29.5 Å². The van der Waals surface area contributed by atoms with Gasteiger partial charge in [-0.15, -0.1) is 0 Å². The second-order valence-electron chi connectivity index (χ2n) is 8.06. The van der Waals surface area contributed by atoms with Gasteiger partial charge in [-0.3, -0.25) is 9.59 Å². The molecule has 0 unspecified atom stereocenters. The molecule has 0 saturated carbocycles. The van der Waals surface area contributed by atoms with Crippen molar-refractivity contribution in [1.29, 1.82) is 0 Å². The lowest BCUT2D eigenvalue weighted by Gasteiger charge is -2.34. The summed E-state index contributed by atoms with van der Waals surface area (Å²) in [7, 11) is 0. The fourth-order valence-corrected chi connectivity index (χ4v) is 4.20. The molecule has 0 radical (unpaired) electrons. The molecule has 1 atom stereocenters. The average Bonchev–Trinajstić information content (AvgIpc) is 3.22. The van der Waals surface area contributed by atoms with Crippen molar-refractivity contribution < 1.29 is 14.0 Å². The van der Waals surface area contributed by atoms with Gasteiger partial charge in [0.15, 0.2) is 0 Å². The first-order valence-electron chi connectivity index (χ1n) is 10.2. The van der Waals surface area contributed by atoms with Crippen LogP contribution in [0, 0.1) is 24.6 Å². The van der Waals surface area contributed by atoms with E-state index < -0.39 is 0 Å². The van der Waals surface area contributed by atoms with Gasteiger partial charge >= 0.3 is 0 Å². The first kappa shape index (κ1) is 19.5. The molecule has 1 aliphatic heterocycles. The van der Waals surface area contributed by atoms with E-state index in [1.807, 2.05) is 11.0 Å². The highest BCUT2D eigenvalue weighted by Crippen LogP contribution is 2.26. The molecule has 4 rings (SSSR count). The number of fused-ring (bicyclic) bond motifs is 1. The van der Waals surface area contributed by atoms with Crippen molar-refractivity contribution in [3.63, 3.8) is 0 Å². The first-order chi connectivity index (χ1) is 14.0. The van der Waals surface area contributed by atoms with Crippen LogP contribution in [-0.4, -0.2) is 45.2 Å². The van der Waals surface area contributed by atoms with E-state index in [9.17, 15) is 14.0 Å². The Labute approximate surface area is 169 Å². The number of aromatic nitrogens is 3. The van der Waals surface area contributed by atoms with Gasteiger partial charge in [0.25, 0.3) is 0 Å². The van der Waals surface area contributed by atoms with Crippen LogP contribution >= 0.6 is 0 Å². The molecule has 7 nitrogen and oxygen atoms in total. The van der Waals surface area contributed by atoms with Gasteiger partial charge in [0.05, 0.1) is 11.4 Å². The number of rotatable bonds is 4. The zero-order valence-electron chi connectivity index (χ0n) is 16.6. The van der Waals surface area contributed by atoms with Crippen molar-refractivity contribution in [1.82, 2.24) is 25.6 Å². The lowest BCUT2D eigenvalue weighted by Crippen LogP contribution is -2.45. The van der Waals surface area contributed by atoms with Crippen molar-refractivity contribution in [2.75, 3.05) is 13.1 Å². The Bertz CT molecular complexity index is 904. The van der Waals surface area contributed by atoms with Crippen molar-refractivity contribution in [3.05, 3.63) is 46.5 Å². The number of benzene rings is 1. The zero-order valence-corrected chi connectivity index (χ0v) is 16.6. The van der Waals surface area contributed by atoms with Crippen LogP contribution in [0.1, 0.15) is 41.8 Å². The van der Waals surface area contributed by atoms with Gasteiger partial charge in [0, 0.05) is 37.9 Å². The van der Waals surface area contributed by atoms with Crippen molar-refractivity contribution in [2.24, 2.45) is 11.8 Å². The zero-order chi connectivity index (χ0) is 20.4. The summed E-state index contributed by atoms with van der Waals surface area (Å²) >= 11 is 0. The van der Waals surface area contributed by atoms with Gasteiger partial charge in [-0.05, 0) is 49.8 Å². The number of amides is 2. The predicted octanol–water partition coefficient (Wildman–Crippen LogP) is 1.91. The SMILES string of the molecule is Cc1ccc(CNC(=O)C2CCN(C(=O)[C@H]3CCc4n[nH]nc4C3)CC2)cc1F. The monoisotopic (exact) mass is 399 g/mol. The molecule has 1 fully saturated rings. The van der Waals surface area contributed by atoms with Crippen LogP contribution < -0.4 is 5.32 Å². The second-order valence-corrected chi connectivity index (χ2v) is 8.06. The molecule has 29 heavy (non-hydrogen) atoms. The van der Waals surface area contributed by atoms with Crippen molar-refractivity contribution in [3.8, 4) is 0 Å². The molecular weight excluding hydrogens is 373 g/mol. The summed E-state index contributed by atoms with van der Waals surface area (Å²) in [6.07, 6.45) is 3.52. The quantitative estimate of drug-likeness (QED) is 0.822. The minimum absolute atomic E-state index is 0.0250. The molecular formula is C21H26FN5O2. The maximum atomic E-state index is 13.6. The minimum atomic E-state index is -0.260. The smallest absolute Gasteiger partial charge is 0.226 e. The summed E-state index contributed by atoms with van der Waals surface area (Å²) in [5.41, 5.74) is 3.21. The fourth-order valence-electron chi connectivity index (χ4n) is 4.20. The molecule has 1 saturated heterocycles. The molecule has 0 spiro atoms. The van der Waals surface area contributed by atoms with Gasteiger partial charge in [-0.2, -0.15) is 15.4 Å². The van der Waals surface area contributed by atoms with Crippen LogP contribution in [0.25, 0.3) is 0 Å². The number of aromatic amines is 1. The molecule has 2 heterocycles. The van der Waals surface area contributed by atoms with Gasteiger partial charge < -0.3 is 10.2 Å². The third-order valence-corrected chi connectivity index (χ3v) is 6.10. The topological polar surface area (TPSA) is 91.0 Å². The highest BCUT2D eigenvalue weighted by Gasteiger charge is 2.33. The molecule has 0 bridgehead atoms. The van der Waals surface area contributed by atoms with E-state index in [0.717, 1.165) is 29.8 Å². The lowest BCUT2D eigenvalue weighted by atomic mass is 9.87. The largest absolute Gasteiger partial charge is 0.352 e. The Morgan fingerprint density at radius 1 is 1.17 bits per heavy atom. The number of piperidine rings is 1. The summed E-state index contributed by atoms with van der Waals surface area (Å²) in [5.74, 6) is -0.281. The van der Waals surface area contributed by atoms with Crippen molar-refractivity contribution >= 4 is 11.8 Å². The maximum absolute atomic E-state index is 13.6. The standard InChI is InChI=1S/C21H26FN5O2/c1-13-2-3-14(10-17(13)22)12-23-20(28)15-6-8-27(9-7-15)21(29)16-4-5-18-19(11-16)25-26-24-18/h2-3,10,15-16H,4-9,11-12H2,1H3,(H,23,28)(H,24,25,26)/t16-/m0/s1. The number of hydrogen-bond acceptors (Lipinski definition) is 4. The van der Waals surface area contributed by atoms with E-state index in [1.54, 1.807) is 13.0 Å². The second kappa shape index (κ2) is 8.31. The Hall–Kier alpha value is -2.77. The van der Waals surface area contributed by atoms with E-state index in [1.165, 1.54) is 6.07 Å². The summed E-state index contributed by atoms with van der Waals surface area (Å²) in [6, 6.07) is 5.00. The van der Waals surface area contributed by atoms with Crippen LogP contribution in [0.2, 0.25) is 0 Å². The number of carbonyl (C=O) groups is 2. The number of H-pyrrole nitrogens is 1. The number of carbonyl (C=O) groups excluding carboxylic acids is 2. The number of aryl methyl sites for hydroxylation is 2. The summed E-state index contributed by atoms with van der Waals surface area (Å²) in [5, 5.41) is 13.8. The van der Waals surface area contributed by atoms with Gasteiger partial charge in [0.1, 0.15) is 5.82 Å². The van der Waals surface area contributed by atoms with Crippen LogP contribution in [0.5, 0.6) is 0 Å². The average molecular weight is 399 g/mol. The third kappa shape index (κ3) is 4.31. The van der Waals surface area contributed by atoms with E-state index in [2.05, 4.69) is 20.7 Å². The van der Waals surface area contributed by atoms with Crippen LogP contribution in [0.4, 0.5) is 4.39 Å². The third-order valence-electron chi connectivity index (χ3n) is 6.10. The number of nitrogens with zero attached hydrogens (tertiary/aromatic N) is 3. The lowest BCUT2D eigenvalue weighted by molar-refractivity contribution is -0.139. The first-order valence-corrected chi connectivity index (χ1v) is 10.2. The molecule has 2 N–H and O–H groups in total. The predicted molar refractivity (Wildman–Crippen MR) is 104 cm³/mol. The molecule has 1 aromatic carbocycles. The highest BCUT2D eigenvalue weighted by molar-refractivity contribution is 5.81. The van der Waals surface area contributed by atoms with Gasteiger partial charge in [-0.1, -0.05) is 12.1 Å². The highest BCUT2D eigenvalue weighted by atomic mass is 19.1. The van der Waals surface area contributed by atoms with Gasteiger partial charge in [0.2, 0.25) is 11.8 Å². The van der Waals surface area contributed by atoms with Crippen LogP contribution in [-0.2, 0) is 29.0 Å². The Balaban J connectivity index is 1.25. The van der Waals surface area contributed by atoms with Gasteiger partial charge in [-0.25, -0.2) is 4.39 Å². The van der Waals surface area contributed by atoms with E-state index in [0.29, 0.717) is 44.5 Å². The number of likely N-dealkylation sites (tertiary alicyclic amines) is 1. The molecule has 1 aromatic heterocycles. The fraction of sp³-hybridized carbons (Fsp3) is 0.524. The maximum Gasteiger partial charge on any atom is 0.226 e. The number of hydrogen-bond donors (Lipinski definition) is 2. The molecule has 154 valence electrons. The molecule has 8 heteroatoms. The van der Waals surface area contributed by atoms with E-state index >= 15 is 0 Å². The number of nitrogens with one attached hydrogen (secondary N) is 2. The Kier molecular flexibility index (Phi) is 5.60. The van der Waals surface area contributed by atoms with E-state index in [4.69, 9.17) is 0 Å². The Morgan fingerprint density at radius 3 is 2.69 bits per heavy atom. The summed E-state index contributed by atoms with van der Waals surface area (Å²) < 4.78 is 13.6. The summed E-state index contributed by atoms with van der Waals surface area (Å²) in [6.45, 7) is 3.22. The minimum Gasteiger partial charge on any atom is -0.352 e. The van der Waals surface area contributed by atoms with Crippen molar-refractivity contribution in [2.45, 2.75) is 45.6 Å². The van der Waals surface area contributed by atoms with Crippen LogP contribution in [0.3, 0.4) is 0 Å². The molecule has 2 amide bonds. The normalized spacial score (nSPS) is 19.7. The molecule has 2 aromatic rings. The van der Waals surface area contributed by atoms with Crippen LogP contribution in [0.15, 0.2) is 18.2 Å². The number of halogens is 1.